The second kappa shape index (κ2) is 7.23. The molecule has 1 saturated carbocycles. The molecule has 1 fully saturated rings. The van der Waals surface area contributed by atoms with Crippen LogP contribution in [0.4, 0.5) is 0 Å². The molecule has 1 aliphatic rings. The zero-order valence-corrected chi connectivity index (χ0v) is 11.0. The van der Waals surface area contributed by atoms with Crippen LogP contribution in [-0.2, 0) is 9.53 Å². The number of nitrogens with zero attached hydrogens (tertiary/aromatic N) is 1. The average molecular weight is 278 g/mol. The molecule has 3 nitrogen and oxygen atoms in total. The summed E-state index contributed by atoms with van der Waals surface area (Å²) in [7, 11) is 0. The van der Waals surface area contributed by atoms with E-state index in [0.717, 1.165) is 18.3 Å². The molecule has 0 aliphatic heterocycles. The first-order chi connectivity index (χ1) is 7.29. The SMILES string of the molecule is CCOCC(=O)N(CCCBr)C1CCC1. The maximum Gasteiger partial charge on any atom is 0.248 e. The van der Waals surface area contributed by atoms with E-state index >= 15 is 0 Å². The van der Waals surface area contributed by atoms with E-state index in [4.69, 9.17) is 4.74 Å². The molecule has 0 atom stereocenters. The zero-order chi connectivity index (χ0) is 11.1. The largest absolute Gasteiger partial charge is 0.372 e. The van der Waals surface area contributed by atoms with Crippen molar-refractivity contribution in [2.45, 2.75) is 38.6 Å². The number of hydrogen-bond acceptors (Lipinski definition) is 2. The molecule has 1 amide bonds. The highest BCUT2D eigenvalue weighted by Crippen LogP contribution is 2.25. The summed E-state index contributed by atoms with van der Waals surface area (Å²) in [5.74, 6) is 0.155. The maximum absolute atomic E-state index is 11.8. The van der Waals surface area contributed by atoms with Gasteiger partial charge in [-0.15, -0.1) is 0 Å². The number of carbonyl (C=O) groups is 1. The standard InChI is InChI=1S/C11H20BrNO2/c1-2-15-9-11(14)13(8-4-7-12)10-5-3-6-10/h10H,2-9H2,1H3. The van der Waals surface area contributed by atoms with Crippen molar-refractivity contribution in [3.05, 3.63) is 0 Å². The second-order valence-corrected chi connectivity index (χ2v) is 4.64. The molecular weight excluding hydrogens is 258 g/mol. The number of hydrogen-bond donors (Lipinski definition) is 0. The van der Waals surface area contributed by atoms with Gasteiger partial charge in [-0.1, -0.05) is 15.9 Å². The number of alkyl halides is 1. The van der Waals surface area contributed by atoms with Crippen LogP contribution in [0, 0.1) is 0 Å². The molecule has 0 heterocycles. The van der Waals surface area contributed by atoms with Crippen LogP contribution in [0.5, 0.6) is 0 Å². The highest BCUT2D eigenvalue weighted by molar-refractivity contribution is 9.09. The lowest BCUT2D eigenvalue weighted by Crippen LogP contribution is -2.46. The van der Waals surface area contributed by atoms with Gasteiger partial charge >= 0.3 is 0 Å². The van der Waals surface area contributed by atoms with Crippen LogP contribution in [0.15, 0.2) is 0 Å². The molecule has 0 N–H and O–H groups in total. The summed E-state index contributed by atoms with van der Waals surface area (Å²) in [5, 5.41) is 0.956. The molecule has 0 bridgehead atoms. The monoisotopic (exact) mass is 277 g/mol. The predicted octanol–water partition coefficient (Wildman–Crippen LogP) is 2.19. The molecule has 1 rings (SSSR count). The summed E-state index contributed by atoms with van der Waals surface area (Å²) < 4.78 is 5.17. The van der Waals surface area contributed by atoms with Crippen molar-refractivity contribution in [3.8, 4) is 0 Å². The Kier molecular flexibility index (Phi) is 6.25. The number of amides is 1. The number of carbonyl (C=O) groups excluding carboxylic acids is 1. The molecule has 0 spiro atoms. The van der Waals surface area contributed by atoms with E-state index in [9.17, 15) is 4.79 Å². The summed E-state index contributed by atoms with van der Waals surface area (Å²) in [6, 6.07) is 0.483. The van der Waals surface area contributed by atoms with Crippen LogP contribution in [0.1, 0.15) is 32.6 Å². The maximum atomic E-state index is 11.8. The van der Waals surface area contributed by atoms with Crippen molar-refractivity contribution in [1.29, 1.82) is 0 Å². The lowest BCUT2D eigenvalue weighted by molar-refractivity contribution is -0.140. The Morgan fingerprint density at radius 3 is 2.73 bits per heavy atom. The van der Waals surface area contributed by atoms with Crippen molar-refractivity contribution < 1.29 is 9.53 Å². The number of rotatable bonds is 7. The Balaban J connectivity index is 2.35. The van der Waals surface area contributed by atoms with Gasteiger partial charge in [-0.3, -0.25) is 4.79 Å². The summed E-state index contributed by atoms with van der Waals surface area (Å²) >= 11 is 3.40. The van der Waals surface area contributed by atoms with Crippen LogP contribution < -0.4 is 0 Å². The summed E-state index contributed by atoms with van der Waals surface area (Å²) in [5.41, 5.74) is 0. The third-order valence-electron chi connectivity index (χ3n) is 2.80. The first-order valence-electron chi connectivity index (χ1n) is 5.72. The van der Waals surface area contributed by atoms with Gasteiger partial charge in [-0.05, 0) is 32.6 Å². The van der Waals surface area contributed by atoms with Gasteiger partial charge in [0.05, 0.1) is 0 Å². The van der Waals surface area contributed by atoms with E-state index < -0.39 is 0 Å². The minimum Gasteiger partial charge on any atom is -0.372 e. The van der Waals surface area contributed by atoms with Gasteiger partial charge in [0.15, 0.2) is 0 Å². The summed E-state index contributed by atoms with van der Waals surface area (Å²) in [6.45, 7) is 3.64. The highest BCUT2D eigenvalue weighted by atomic mass is 79.9. The molecular formula is C11H20BrNO2. The van der Waals surface area contributed by atoms with Crippen molar-refractivity contribution >= 4 is 21.8 Å². The quantitative estimate of drug-likeness (QED) is 0.668. The normalized spacial score (nSPS) is 16.1. The van der Waals surface area contributed by atoms with Crippen LogP contribution in [0.3, 0.4) is 0 Å². The van der Waals surface area contributed by atoms with Gasteiger partial charge in [0.2, 0.25) is 5.91 Å². The smallest absolute Gasteiger partial charge is 0.248 e. The molecule has 0 aromatic carbocycles. The fraction of sp³-hybridized carbons (Fsp3) is 0.909. The Hall–Kier alpha value is -0.0900. The Morgan fingerprint density at radius 2 is 2.27 bits per heavy atom. The Morgan fingerprint density at radius 1 is 1.53 bits per heavy atom. The van der Waals surface area contributed by atoms with Crippen molar-refractivity contribution in [1.82, 2.24) is 4.90 Å². The molecule has 0 saturated heterocycles. The lowest BCUT2D eigenvalue weighted by atomic mass is 9.91. The predicted molar refractivity (Wildman–Crippen MR) is 64.3 cm³/mol. The molecule has 0 unspecified atom stereocenters. The minimum atomic E-state index is 0.155. The van der Waals surface area contributed by atoms with Gasteiger partial charge in [-0.25, -0.2) is 0 Å². The lowest BCUT2D eigenvalue weighted by Gasteiger charge is -2.37. The van der Waals surface area contributed by atoms with Crippen molar-refractivity contribution in [3.63, 3.8) is 0 Å². The molecule has 4 heteroatoms. The number of halogens is 1. The van der Waals surface area contributed by atoms with Crippen molar-refractivity contribution in [2.24, 2.45) is 0 Å². The molecule has 0 radical (unpaired) electrons. The third kappa shape index (κ3) is 4.11. The van der Waals surface area contributed by atoms with Gasteiger partial charge in [0.25, 0.3) is 0 Å². The average Bonchev–Trinajstić information content (AvgIpc) is 2.17. The molecule has 88 valence electrons. The van der Waals surface area contributed by atoms with Crippen LogP contribution in [0.2, 0.25) is 0 Å². The van der Waals surface area contributed by atoms with Gasteiger partial charge in [-0.2, -0.15) is 0 Å². The van der Waals surface area contributed by atoms with Gasteiger partial charge < -0.3 is 9.64 Å². The van der Waals surface area contributed by atoms with Crippen molar-refractivity contribution in [2.75, 3.05) is 25.1 Å². The van der Waals surface area contributed by atoms with E-state index in [1.807, 2.05) is 11.8 Å². The van der Waals surface area contributed by atoms with Gasteiger partial charge in [0, 0.05) is 24.5 Å². The highest BCUT2D eigenvalue weighted by Gasteiger charge is 2.27. The topological polar surface area (TPSA) is 29.5 Å². The van der Waals surface area contributed by atoms with E-state index in [2.05, 4.69) is 15.9 Å². The molecule has 0 aromatic rings. The van der Waals surface area contributed by atoms with E-state index in [1.165, 1.54) is 19.3 Å². The minimum absolute atomic E-state index is 0.155. The Bertz CT molecular complexity index is 195. The number of ether oxygens (including phenoxy) is 1. The van der Waals surface area contributed by atoms with E-state index in [1.54, 1.807) is 0 Å². The fourth-order valence-electron chi connectivity index (χ4n) is 1.71. The third-order valence-corrected chi connectivity index (χ3v) is 3.36. The molecule has 0 aromatic heterocycles. The summed E-state index contributed by atoms with van der Waals surface area (Å²) in [4.78, 5) is 13.8. The fourth-order valence-corrected chi connectivity index (χ4v) is 1.96. The Labute approximate surface area is 100 Å². The van der Waals surface area contributed by atoms with Crippen LogP contribution in [0.25, 0.3) is 0 Å². The summed E-state index contributed by atoms with van der Waals surface area (Å²) in [6.07, 6.45) is 4.62. The van der Waals surface area contributed by atoms with E-state index in [-0.39, 0.29) is 12.5 Å². The second-order valence-electron chi connectivity index (χ2n) is 3.85. The first kappa shape index (κ1) is 13.0. The molecule has 15 heavy (non-hydrogen) atoms. The molecule has 1 aliphatic carbocycles. The first-order valence-corrected chi connectivity index (χ1v) is 6.85. The van der Waals surface area contributed by atoms with Crippen LogP contribution in [-0.4, -0.2) is 41.9 Å². The van der Waals surface area contributed by atoms with E-state index in [0.29, 0.717) is 12.6 Å². The van der Waals surface area contributed by atoms with Crippen LogP contribution >= 0.6 is 15.9 Å². The van der Waals surface area contributed by atoms with Gasteiger partial charge in [0.1, 0.15) is 6.61 Å². The zero-order valence-electron chi connectivity index (χ0n) is 9.38.